The van der Waals surface area contributed by atoms with Gasteiger partial charge in [0, 0.05) is 23.3 Å². The third-order valence-electron chi connectivity index (χ3n) is 4.66. The molecule has 2 aromatic heterocycles. The molecule has 6 rings (SSSR count). The van der Waals surface area contributed by atoms with Gasteiger partial charge >= 0.3 is 21.7 Å². The maximum absolute atomic E-state index is 13.1. The van der Waals surface area contributed by atoms with Gasteiger partial charge in [-0.3, -0.25) is 0 Å². The van der Waals surface area contributed by atoms with E-state index in [1.807, 2.05) is 72.8 Å². The zero-order chi connectivity index (χ0) is 27.0. The summed E-state index contributed by atoms with van der Waals surface area (Å²) in [4.78, 5) is 0. The number of aromatic nitrogens is 2. The normalized spacial score (nSPS) is 9.33. The molecular formula is C32H22F4N2Ti. The molecule has 0 N–H and O–H groups in total. The predicted octanol–water partition coefficient (Wildman–Crippen LogP) is 8.08. The number of hydrogen-bond donors (Lipinski definition) is 0. The monoisotopic (exact) mass is 558 g/mol. The second-order valence-electron chi connectivity index (χ2n) is 7.35. The summed E-state index contributed by atoms with van der Waals surface area (Å²) in [5.74, 6) is -2.74. The van der Waals surface area contributed by atoms with E-state index in [2.05, 4.69) is 12.1 Å². The van der Waals surface area contributed by atoms with E-state index in [-0.39, 0.29) is 21.7 Å². The molecule has 0 amide bonds. The molecule has 0 unspecified atom stereocenters. The van der Waals surface area contributed by atoms with Crippen LogP contribution in [0, 0.1) is 47.5 Å². The molecule has 0 atom stereocenters. The summed E-state index contributed by atoms with van der Waals surface area (Å²) in [7, 11) is 0. The summed E-state index contributed by atoms with van der Waals surface area (Å²) in [6.45, 7) is 0. The first-order valence-corrected chi connectivity index (χ1v) is 11.4. The zero-order valence-corrected chi connectivity index (χ0v) is 22.2. The molecule has 0 aliphatic rings. The molecule has 0 aliphatic carbocycles. The second-order valence-corrected chi connectivity index (χ2v) is 7.35. The van der Waals surface area contributed by atoms with E-state index >= 15 is 0 Å². The van der Waals surface area contributed by atoms with Crippen molar-refractivity contribution in [1.29, 1.82) is 0 Å². The maximum Gasteiger partial charge on any atom is 4.00 e. The average molecular weight is 558 g/mol. The van der Waals surface area contributed by atoms with Crippen molar-refractivity contribution < 1.29 is 39.3 Å². The van der Waals surface area contributed by atoms with Gasteiger partial charge in [-0.2, -0.15) is 72.8 Å². The third kappa shape index (κ3) is 11.0. The minimum absolute atomic E-state index is 0. The van der Waals surface area contributed by atoms with Crippen LogP contribution < -0.4 is 0 Å². The fraction of sp³-hybridized carbons (Fsp3) is 0. The first-order valence-electron chi connectivity index (χ1n) is 11.4. The van der Waals surface area contributed by atoms with E-state index in [4.69, 9.17) is 0 Å². The molecule has 7 heteroatoms. The number of benzene rings is 4. The molecule has 39 heavy (non-hydrogen) atoms. The van der Waals surface area contributed by atoms with Gasteiger partial charge in [-0.25, -0.2) is 17.6 Å². The van der Waals surface area contributed by atoms with Crippen LogP contribution in [0.4, 0.5) is 17.6 Å². The van der Waals surface area contributed by atoms with Crippen LogP contribution in [-0.2, 0) is 21.7 Å². The van der Waals surface area contributed by atoms with Gasteiger partial charge in [0.05, 0.1) is 0 Å². The standard InChI is InChI=1S/2C10H6F2N.2C6H5.Ti/c2*11-8-3-4-10(9(12)7-8)13-5-1-2-6-13;2*1-2-4-6-5-3-1;/h2*1-6H;2*1-5H;/q4*-1;+4. The molecule has 0 bridgehead atoms. The van der Waals surface area contributed by atoms with E-state index in [0.717, 1.165) is 0 Å². The Balaban J connectivity index is 0.000000192. The number of rotatable bonds is 2. The van der Waals surface area contributed by atoms with E-state index in [0.29, 0.717) is 11.4 Å². The summed E-state index contributed by atoms with van der Waals surface area (Å²) in [5.41, 5.74) is 0.595. The summed E-state index contributed by atoms with van der Waals surface area (Å²) < 4.78 is 54.3. The van der Waals surface area contributed by atoms with Gasteiger partial charge < -0.3 is 9.13 Å². The maximum atomic E-state index is 13.1. The topological polar surface area (TPSA) is 9.86 Å². The Bertz CT molecular complexity index is 1270. The zero-order valence-electron chi connectivity index (χ0n) is 20.6. The van der Waals surface area contributed by atoms with E-state index in [1.165, 1.54) is 24.3 Å². The fourth-order valence-corrected chi connectivity index (χ4v) is 2.94. The summed E-state index contributed by atoms with van der Waals surface area (Å²) in [6.07, 6.45) is 6.74. The molecule has 0 aliphatic heterocycles. The molecule has 0 fully saturated rings. The number of halogens is 4. The van der Waals surface area contributed by atoms with Crippen LogP contribution in [0.25, 0.3) is 11.4 Å². The van der Waals surface area contributed by atoms with Gasteiger partial charge in [0.15, 0.2) is 0 Å². The smallest absolute Gasteiger partial charge is 0.375 e. The predicted molar refractivity (Wildman–Crippen MR) is 140 cm³/mol. The molecule has 2 heterocycles. The van der Waals surface area contributed by atoms with E-state index in [1.54, 1.807) is 58.2 Å². The molecule has 6 aromatic rings. The Kier molecular flexibility index (Phi) is 13.9. The minimum atomic E-state index is -0.687. The third-order valence-corrected chi connectivity index (χ3v) is 4.66. The number of nitrogens with zero attached hydrogens (tertiary/aromatic N) is 2. The molecular weight excluding hydrogens is 536 g/mol. The van der Waals surface area contributed by atoms with Crippen molar-refractivity contribution >= 4 is 0 Å². The first kappa shape index (κ1) is 31.1. The van der Waals surface area contributed by atoms with Gasteiger partial charge in [-0.15, -0.1) is 36.4 Å². The first-order chi connectivity index (χ1) is 18.5. The summed E-state index contributed by atoms with van der Waals surface area (Å²) in [5, 5.41) is 0. The molecule has 0 saturated heterocycles. The number of hydrogen-bond acceptors (Lipinski definition) is 0. The van der Waals surface area contributed by atoms with Crippen LogP contribution in [0.15, 0.2) is 134 Å². The Labute approximate surface area is 240 Å². The fourth-order valence-electron chi connectivity index (χ4n) is 2.94. The molecule has 2 nitrogen and oxygen atoms in total. The Morgan fingerprint density at radius 1 is 0.436 bits per heavy atom. The van der Waals surface area contributed by atoms with Crippen LogP contribution in [0.3, 0.4) is 0 Å². The molecule has 0 saturated carbocycles. The Morgan fingerprint density at radius 2 is 0.769 bits per heavy atom. The van der Waals surface area contributed by atoms with E-state index < -0.39 is 23.3 Å². The molecule has 4 aromatic carbocycles. The molecule has 0 radical (unpaired) electrons. The van der Waals surface area contributed by atoms with Gasteiger partial charge in [0.25, 0.3) is 0 Å². The van der Waals surface area contributed by atoms with Crippen LogP contribution in [-0.4, -0.2) is 9.13 Å². The van der Waals surface area contributed by atoms with Crippen molar-refractivity contribution in [2.45, 2.75) is 0 Å². The van der Waals surface area contributed by atoms with Gasteiger partial charge in [-0.05, 0) is 60.4 Å². The van der Waals surface area contributed by atoms with Crippen molar-refractivity contribution in [2.75, 3.05) is 0 Å². The van der Waals surface area contributed by atoms with Crippen LogP contribution >= 0.6 is 0 Å². The largest absolute Gasteiger partial charge is 4.00 e. The van der Waals surface area contributed by atoms with Crippen molar-refractivity contribution in [3.8, 4) is 11.4 Å². The van der Waals surface area contributed by atoms with Gasteiger partial charge in [-0.1, -0.05) is 0 Å². The quantitative estimate of drug-likeness (QED) is 0.116. The van der Waals surface area contributed by atoms with Crippen LogP contribution in [0.2, 0.25) is 0 Å². The Hall–Kier alpha value is -4.13. The second kappa shape index (κ2) is 17.4. The van der Waals surface area contributed by atoms with Crippen LogP contribution in [0.5, 0.6) is 0 Å². The minimum Gasteiger partial charge on any atom is -0.375 e. The van der Waals surface area contributed by atoms with Gasteiger partial charge in [0.1, 0.15) is 0 Å². The Morgan fingerprint density at radius 3 is 1.00 bits per heavy atom. The average Bonchev–Trinajstić information content (AvgIpc) is 3.67. The SMILES string of the molecule is Fc1[c-]c(F)c(-n2cccc2)cc1.Fc1[c-]c(F)c(-n2cccc2)cc1.[Ti+4].[c-]1ccccc1.[c-]1ccccc1. The van der Waals surface area contributed by atoms with Crippen LogP contribution in [0.1, 0.15) is 0 Å². The molecule has 192 valence electrons. The molecule has 0 spiro atoms. The van der Waals surface area contributed by atoms with Crippen molar-refractivity contribution in [2.24, 2.45) is 0 Å². The van der Waals surface area contributed by atoms with Crippen molar-refractivity contribution in [3.05, 3.63) is 182 Å². The van der Waals surface area contributed by atoms with Crippen molar-refractivity contribution in [1.82, 2.24) is 9.13 Å². The summed E-state index contributed by atoms with van der Waals surface area (Å²) in [6, 6.07) is 41.1. The summed E-state index contributed by atoms with van der Waals surface area (Å²) >= 11 is 0. The van der Waals surface area contributed by atoms with E-state index in [9.17, 15) is 17.6 Å². The van der Waals surface area contributed by atoms with Gasteiger partial charge in [0.2, 0.25) is 0 Å². The van der Waals surface area contributed by atoms with Crippen molar-refractivity contribution in [3.63, 3.8) is 0 Å².